The second kappa shape index (κ2) is 9.47. The van der Waals surface area contributed by atoms with Crippen LogP contribution < -0.4 is 9.64 Å². The lowest BCUT2D eigenvalue weighted by Crippen LogP contribution is -2.14. The molecule has 36 heavy (non-hydrogen) atoms. The maximum absolute atomic E-state index is 11.1. The summed E-state index contributed by atoms with van der Waals surface area (Å²) in [5.41, 5.74) is 6.05. The molecule has 0 spiro atoms. The number of halogens is 3. The van der Waals surface area contributed by atoms with Crippen molar-refractivity contribution < 1.29 is 14.1 Å². The zero-order valence-electron chi connectivity index (χ0n) is 19.1. The second-order valence-electron chi connectivity index (χ2n) is 9.15. The molecule has 5 nitrogen and oxygen atoms in total. The van der Waals surface area contributed by atoms with Crippen molar-refractivity contribution in [2.24, 2.45) is 0 Å². The van der Waals surface area contributed by atoms with E-state index < -0.39 is 0 Å². The predicted molar refractivity (Wildman–Crippen MR) is 141 cm³/mol. The number of ether oxygens (including phenoxy) is 1. The summed E-state index contributed by atoms with van der Waals surface area (Å²) < 4.78 is 11.9. The number of hydrogen-bond donors (Lipinski definition) is 0. The van der Waals surface area contributed by atoms with Crippen molar-refractivity contribution in [3.8, 4) is 17.0 Å². The summed E-state index contributed by atoms with van der Waals surface area (Å²) in [7, 11) is 0. The Morgan fingerprint density at radius 3 is 2.47 bits per heavy atom. The molecule has 0 N–H and O–H groups in total. The van der Waals surface area contributed by atoms with E-state index in [1.807, 2.05) is 36.4 Å². The second-order valence-corrected chi connectivity index (χ2v) is 10.4. The van der Waals surface area contributed by atoms with Gasteiger partial charge in [0, 0.05) is 36.2 Å². The first-order valence-corrected chi connectivity index (χ1v) is 12.8. The van der Waals surface area contributed by atoms with Crippen LogP contribution in [-0.4, -0.2) is 11.4 Å². The molecule has 4 aromatic rings. The molecule has 0 atom stereocenters. The molecule has 0 bridgehead atoms. The molecule has 2 heterocycles. The molecule has 1 aliphatic heterocycles. The first-order valence-electron chi connectivity index (χ1n) is 11.7. The fourth-order valence-corrected chi connectivity index (χ4v) is 5.56. The minimum atomic E-state index is 0.255. The molecule has 8 heteroatoms. The number of benzene rings is 3. The largest absolute Gasteiger partial charge is 0.489 e. The van der Waals surface area contributed by atoms with Crippen molar-refractivity contribution in [1.29, 1.82) is 0 Å². The summed E-state index contributed by atoms with van der Waals surface area (Å²) in [6.45, 7) is 1.69. The van der Waals surface area contributed by atoms with Crippen molar-refractivity contribution >= 4 is 46.8 Å². The highest BCUT2D eigenvalue weighted by molar-refractivity contribution is 6.39. The number of hydrogen-bond acceptors (Lipinski definition) is 5. The fraction of sp³-hybridized carbons (Fsp3) is 0.214. The number of rotatable bonds is 7. The van der Waals surface area contributed by atoms with Gasteiger partial charge < -0.3 is 14.2 Å². The molecule has 3 aromatic carbocycles. The van der Waals surface area contributed by atoms with Crippen LogP contribution in [0.2, 0.25) is 15.1 Å². The standard InChI is InChI=1S/C28H21Cl3N2O3/c29-22-2-1-3-23(30)26(22)27-21(28(36-32-27)17-6-7-17)15-35-20-8-9-25(24(31)11-20)33-12-18-5-4-16(14-34)10-19(18)13-33/h1-5,8-11,14,17H,6-7,12-13,15H2. The van der Waals surface area contributed by atoms with Gasteiger partial charge in [0.1, 0.15) is 30.1 Å². The van der Waals surface area contributed by atoms with Gasteiger partial charge in [0.2, 0.25) is 0 Å². The summed E-state index contributed by atoms with van der Waals surface area (Å²) in [6.07, 6.45) is 2.99. The Morgan fingerprint density at radius 2 is 1.75 bits per heavy atom. The van der Waals surface area contributed by atoms with E-state index in [1.54, 1.807) is 18.2 Å². The molecule has 6 rings (SSSR count). The van der Waals surface area contributed by atoms with Crippen LogP contribution >= 0.6 is 34.8 Å². The highest BCUT2D eigenvalue weighted by Gasteiger charge is 2.33. The van der Waals surface area contributed by atoms with Crippen LogP contribution in [0.15, 0.2) is 59.1 Å². The molecule has 0 saturated heterocycles. The fourth-order valence-electron chi connectivity index (χ4n) is 4.70. The molecular weight excluding hydrogens is 519 g/mol. The van der Waals surface area contributed by atoms with Crippen LogP contribution in [0.25, 0.3) is 11.3 Å². The SMILES string of the molecule is O=Cc1ccc2c(c1)CN(c1ccc(OCc3c(-c4c(Cl)cccc4Cl)noc3C3CC3)cc1Cl)C2. The van der Waals surface area contributed by atoms with Gasteiger partial charge in [-0.25, -0.2) is 0 Å². The van der Waals surface area contributed by atoms with Crippen LogP contribution in [0.4, 0.5) is 5.69 Å². The molecule has 1 saturated carbocycles. The molecule has 0 unspecified atom stereocenters. The summed E-state index contributed by atoms with van der Waals surface area (Å²) >= 11 is 19.6. The van der Waals surface area contributed by atoms with E-state index >= 15 is 0 Å². The van der Waals surface area contributed by atoms with Crippen LogP contribution in [0.3, 0.4) is 0 Å². The Labute approximate surface area is 223 Å². The highest BCUT2D eigenvalue weighted by Crippen LogP contribution is 2.46. The number of aldehydes is 1. The summed E-state index contributed by atoms with van der Waals surface area (Å²) in [5, 5.41) is 5.94. The molecule has 0 radical (unpaired) electrons. The lowest BCUT2D eigenvalue weighted by Gasteiger charge is -2.20. The van der Waals surface area contributed by atoms with Crippen molar-refractivity contribution in [3.63, 3.8) is 0 Å². The van der Waals surface area contributed by atoms with Gasteiger partial charge in [0.15, 0.2) is 0 Å². The quantitative estimate of drug-likeness (QED) is 0.222. The predicted octanol–water partition coefficient (Wildman–Crippen LogP) is 8.09. The Bertz CT molecular complexity index is 1460. The Morgan fingerprint density at radius 1 is 0.972 bits per heavy atom. The normalized spacial score (nSPS) is 14.7. The zero-order chi connectivity index (χ0) is 24.8. The number of carbonyl (C=O) groups excluding carboxylic acids is 1. The van der Waals surface area contributed by atoms with Gasteiger partial charge in [0.05, 0.1) is 26.3 Å². The number of aromatic nitrogens is 1. The van der Waals surface area contributed by atoms with Crippen molar-refractivity contribution in [3.05, 3.63) is 97.7 Å². The van der Waals surface area contributed by atoms with Gasteiger partial charge in [0.25, 0.3) is 0 Å². The molecule has 1 aliphatic carbocycles. The Kier molecular flexibility index (Phi) is 6.16. The minimum absolute atomic E-state index is 0.255. The van der Waals surface area contributed by atoms with Gasteiger partial charge in [-0.3, -0.25) is 4.79 Å². The molecule has 2 aliphatic rings. The number of anilines is 1. The van der Waals surface area contributed by atoms with Crippen LogP contribution in [-0.2, 0) is 19.7 Å². The van der Waals surface area contributed by atoms with E-state index in [4.69, 9.17) is 44.1 Å². The van der Waals surface area contributed by atoms with Gasteiger partial charge in [-0.2, -0.15) is 0 Å². The van der Waals surface area contributed by atoms with Gasteiger partial charge in [-0.05, 0) is 54.3 Å². The molecule has 0 amide bonds. The summed E-state index contributed by atoms with van der Waals surface area (Å²) in [4.78, 5) is 13.3. The molecule has 182 valence electrons. The summed E-state index contributed by atoms with van der Waals surface area (Å²) in [5.74, 6) is 1.81. The Hall–Kier alpha value is -2.99. The number of nitrogens with zero attached hydrogens (tertiary/aromatic N) is 2. The third-order valence-corrected chi connectivity index (χ3v) is 7.63. The van der Waals surface area contributed by atoms with Crippen molar-refractivity contribution in [1.82, 2.24) is 5.16 Å². The maximum Gasteiger partial charge on any atom is 0.150 e. The monoisotopic (exact) mass is 538 g/mol. The minimum Gasteiger partial charge on any atom is -0.489 e. The summed E-state index contributed by atoms with van der Waals surface area (Å²) in [6, 6.07) is 16.9. The van der Waals surface area contributed by atoms with Gasteiger partial charge >= 0.3 is 0 Å². The highest BCUT2D eigenvalue weighted by atomic mass is 35.5. The van der Waals surface area contributed by atoms with E-state index in [0.29, 0.717) is 50.1 Å². The third-order valence-electron chi connectivity index (χ3n) is 6.70. The average molecular weight is 540 g/mol. The lowest BCUT2D eigenvalue weighted by molar-refractivity contribution is 0.112. The topological polar surface area (TPSA) is 55.6 Å². The lowest BCUT2D eigenvalue weighted by atomic mass is 10.0. The van der Waals surface area contributed by atoms with E-state index in [9.17, 15) is 4.79 Å². The zero-order valence-corrected chi connectivity index (χ0v) is 21.4. The van der Waals surface area contributed by atoms with E-state index in [2.05, 4.69) is 10.1 Å². The smallest absolute Gasteiger partial charge is 0.150 e. The molecule has 1 fully saturated rings. The Balaban J connectivity index is 1.23. The van der Waals surface area contributed by atoms with E-state index in [-0.39, 0.29) is 6.61 Å². The first-order chi connectivity index (χ1) is 17.5. The van der Waals surface area contributed by atoms with Crippen molar-refractivity contribution in [2.45, 2.75) is 38.5 Å². The first kappa shape index (κ1) is 23.4. The van der Waals surface area contributed by atoms with Gasteiger partial charge in [-0.15, -0.1) is 0 Å². The van der Waals surface area contributed by atoms with Crippen LogP contribution in [0.5, 0.6) is 5.75 Å². The third kappa shape index (κ3) is 4.36. The molecule has 1 aromatic heterocycles. The van der Waals surface area contributed by atoms with Crippen molar-refractivity contribution in [2.75, 3.05) is 4.90 Å². The van der Waals surface area contributed by atoms with E-state index in [1.165, 1.54) is 5.56 Å². The molecular formula is C28H21Cl3N2O3. The van der Waals surface area contributed by atoms with Crippen LogP contribution in [0.1, 0.15) is 51.6 Å². The van der Waals surface area contributed by atoms with Gasteiger partial charge in [-0.1, -0.05) is 58.2 Å². The van der Waals surface area contributed by atoms with Crippen LogP contribution in [0, 0.1) is 0 Å². The average Bonchev–Trinajstić information content (AvgIpc) is 3.49. The maximum atomic E-state index is 11.1. The van der Waals surface area contributed by atoms with E-state index in [0.717, 1.165) is 48.2 Å². The number of fused-ring (bicyclic) bond motifs is 1. The number of carbonyl (C=O) groups is 1.